The van der Waals surface area contributed by atoms with Crippen LogP contribution in [0.5, 0.6) is 0 Å². The molecular formula is C6H16ClNOS. The van der Waals surface area contributed by atoms with E-state index in [0.29, 0.717) is 5.25 Å². The molecule has 64 valence electrons. The molecule has 3 N–H and O–H groups in total. The highest BCUT2D eigenvalue weighted by molar-refractivity contribution is 7.99. The average molecular weight is 186 g/mol. The molecule has 0 aromatic carbocycles. The molecule has 0 fully saturated rings. The van der Waals surface area contributed by atoms with E-state index < -0.39 is 0 Å². The largest absolute Gasteiger partial charge is 0.395 e. The molecule has 10 heavy (non-hydrogen) atoms. The molecule has 0 heterocycles. The summed E-state index contributed by atoms with van der Waals surface area (Å²) >= 11 is 1.78. The van der Waals surface area contributed by atoms with Crippen molar-refractivity contribution < 1.29 is 5.11 Å². The third-order valence-electron chi connectivity index (χ3n) is 0.878. The molecule has 0 saturated heterocycles. The monoisotopic (exact) mass is 185 g/mol. The van der Waals surface area contributed by atoms with Gasteiger partial charge >= 0.3 is 0 Å². The van der Waals surface area contributed by atoms with Crippen LogP contribution < -0.4 is 5.73 Å². The van der Waals surface area contributed by atoms with Crippen molar-refractivity contribution in [3.63, 3.8) is 0 Å². The highest BCUT2D eigenvalue weighted by Gasteiger charge is 2.00. The molecule has 1 unspecified atom stereocenters. The van der Waals surface area contributed by atoms with Crippen molar-refractivity contribution in [3.05, 3.63) is 0 Å². The summed E-state index contributed by atoms with van der Waals surface area (Å²) in [4.78, 5) is 0. The average Bonchev–Trinajstić information content (AvgIpc) is 1.83. The summed E-state index contributed by atoms with van der Waals surface area (Å²) < 4.78 is 0. The summed E-state index contributed by atoms with van der Waals surface area (Å²) in [5.41, 5.74) is 5.45. The lowest BCUT2D eigenvalue weighted by Crippen LogP contribution is -2.27. The summed E-state index contributed by atoms with van der Waals surface area (Å²) in [6, 6.07) is -0.0441. The standard InChI is InChI=1S/C6H15NOS.ClH/c1-5(2)9-4-6(7)3-8;/h5-6,8H,3-4,7H2,1-2H3;1H. The van der Waals surface area contributed by atoms with E-state index in [-0.39, 0.29) is 25.1 Å². The van der Waals surface area contributed by atoms with Gasteiger partial charge in [-0.2, -0.15) is 11.8 Å². The van der Waals surface area contributed by atoms with Gasteiger partial charge in [0.25, 0.3) is 0 Å². The van der Waals surface area contributed by atoms with Gasteiger partial charge in [-0.1, -0.05) is 13.8 Å². The first-order valence-electron chi connectivity index (χ1n) is 3.15. The van der Waals surface area contributed by atoms with Gasteiger partial charge in [0.2, 0.25) is 0 Å². The number of hydrogen-bond donors (Lipinski definition) is 2. The molecule has 0 aliphatic heterocycles. The number of thioether (sulfide) groups is 1. The normalized spacial score (nSPS) is 12.9. The van der Waals surface area contributed by atoms with E-state index in [1.165, 1.54) is 0 Å². The van der Waals surface area contributed by atoms with Crippen LogP contribution in [0.4, 0.5) is 0 Å². The highest BCUT2D eigenvalue weighted by atomic mass is 35.5. The number of rotatable bonds is 4. The summed E-state index contributed by atoms with van der Waals surface area (Å²) in [6.45, 7) is 4.34. The second kappa shape index (κ2) is 7.66. The molecule has 0 aromatic heterocycles. The van der Waals surface area contributed by atoms with Crippen LogP contribution in [0.25, 0.3) is 0 Å². The zero-order valence-electron chi connectivity index (χ0n) is 6.41. The summed E-state index contributed by atoms with van der Waals surface area (Å²) in [7, 11) is 0. The van der Waals surface area contributed by atoms with Crippen LogP contribution in [0, 0.1) is 0 Å². The second-order valence-electron chi connectivity index (χ2n) is 2.32. The predicted octanol–water partition coefficient (Wildman–Crippen LogP) is 0.869. The molecule has 2 nitrogen and oxygen atoms in total. The summed E-state index contributed by atoms with van der Waals surface area (Å²) in [5, 5.41) is 9.12. The van der Waals surface area contributed by atoms with Crippen molar-refractivity contribution in [2.24, 2.45) is 5.73 Å². The lowest BCUT2D eigenvalue weighted by Gasteiger charge is -2.08. The van der Waals surface area contributed by atoms with Crippen LogP contribution in [0.3, 0.4) is 0 Å². The van der Waals surface area contributed by atoms with Gasteiger partial charge < -0.3 is 10.8 Å². The Bertz CT molecular complexity index is 72.8. The fourth-order valence-corrected chi connectivity index (χ4v) is 1.11. The third kappa shape index (κ3) is 8.56. The van der Waals surface area contributed by atoms with Crippen molar-refractivity contribution in [3.8, 4) is 0 Å². The van der Waals surface area contributed by atoms with E-state index in [0.717, 1.165) is 5.75 Å². The topological polar surface area (TPSA) is 46.2 Å². The van der Waals surface area contributed by atoms with Gasteiger partial charge in [-0.25, -0.2) is 0 Å². The molecule has 0 radical (unpaired) electrons. The van der Waals surface area contributed by atoms with E-state index in [2.05, 4.69) is 13.8 Å². The van der Waals surface area contributed by atoms with E-state index in [1.54, 1.807) is 11.8 Å². The van der Waals surface area contributed by atoms with Crippen LogP contribution >= 0.6 is 24.2 Å². The summed E-state index contributed by atoms with van der Waals surface area (Å²) in [5.74, 6) is 0.855. The maximum Gasteiger partial charge on any atom is 0.0590 e. The fourth-order valence-electron chi connectivity index (χ4n) is 0.369. The van der Waals surface area contributed by atoms with Gasteiger partial charge in [0, 0.05) is 11.8 Å². The van der Waals surface area contributed by atoms with Crippen molar-refractivity contribution in [2.75, 3.05) is 12.4 Å². The maximum atomic E-state index is 8.51. The minimum absolute atomic E-state index is 0. The minimum Gasteiger partial charge on any atom is -0.395 e. The van der Waals surface area contributed by atoms with Gasteiger partial charge in [-0.15, -0.1) is 12.4 Å². The zero-order valence-corrected chi connectivity index (χ0v) is 8.04. The van der Waals surface area contributed by atoms with Crippen LogP contribution in [-0.4, -0.2) is 28.8 Å². The molecule has 0 aliphatic carbocycles. The molecule has 0 amide bonds. The first kappa shape index (κ1) is 13.2. The maximum absolute atomic E-state index is 8.51. The molecule has 1 atom stereocenters. The third-order valence-corrected chi connectivity index (χ3v) is 2.17. The smallest absolute Gasteiger partial charge is 0.0590 e. The Kier molecular flexibility index (Phi) is 10.1. The van der Waals surface area contributed by atoms with Crippen LogP contribution in [0.2, 0.25) is 0 Å². The Morgan fingerprint density at radius 3 is 2.30 bits per heavy atom. The number of hydrogen-bond acceptors (Lipinski definition) is 3. The highest BCUT2D eigenvalue weighted by Crippen LogP contribution is 2.08. The second-order valence-corrected chi connectivity index (χ2v) is 3.93. The number of halogens is 1. The molecule has 0 aliphatic rings. The lowest BCUT2D eigenvalue weighted by molar-refractivity contribution is 0.275. The van der Waals surface area contributed by atoms with E-state index >= 15 is 0 Å². The number of nitrogens with two attached hydrogens (primary N) is 1. The van der Waals surface area contributed by atoms with Crippen LogP contribution in [0.1, 0.15) is 13.8 Å². The van der Waals surface area contributed by atoms with Crippen molar-refractivity contribution in [1.29, 1.82) is 0 Å². The van der Waals surface area contributed by atoms with E-state index in [9.17, 15) is 0 Å². The molecule has 0 bridgehead atoms. The molecule has 0 aromatic rings. The Labute approximate surface area is 73.0 Å². The fraction of sp³-hybridized carbons (Fsp3) is 1.00. The molecule has 0 saturated carbocycles. The van der Waals surface area contributed by atoms with Crippen LogP contribution in [-0.2, 0) is 0 Å². The van der Waals surface area contributed by atoms with Gasteiger partial charge in [-0.3, -0.25) is 0 Å². The SMILES string of the molecule is CC(C)SCC(N)CO.Cl. The predicted molar refractivity (Wildman–Crippen MR) is 49.9 cm³/mol. The Morgan fingerprint density at radius 1 is 1.50 bits per heavy atom. The molecule has 0 rings (SSSR count). The van der Waals surface area contributed by atoms with Gasteiger partial charge in [0.15, 0.2) is 0 Å². The Hall–Kier alpha value is 0.560. The van der Waals surface area contributed by atoms with Gasteiger partial charge in [-0.05, 0) is 5.25 Å². The van der Waals surface area contributed by atoms with Crippen molar-refractivity contribution >= 4 is 24.2 Å². The Balaban J connectivity index is 0. The number of aliphatic hydroxyl groups excluding tert-OH is 1. The minimum atomic E-state index is -0.0441. The first-order chi connectivity index (χ1) is 4.16. The van der Waals surface area contributed by atoms with Crippen molar-refractivity contribution in [1.82, 2.24) is 0 Å². The van der Waals surface area contributed by atoms with Crippen molar-refractivity contribution in [2.45, 2.75) is 25.1 Å². The van der Waals surface area contributed by atoms with E-state index in [1.807, 2.05) is 0 Å². The van der Waals surface area contributed by atoms with Gasteiger partial charge in [0.1, 0.15) is 0 Å². The van der Waals surface area contributed by atoms with Crippen LogP contribution in [0.15, 0.2) is 0 Å². The van der Waals surface area contributed by atoms with E-state index in [4.69, 9.17) is 10.8 Å². The van der Waals surface area contributed by atoms with Gasteiger partial charge in [0.05, 0.1) is 6.61 Å². The molecule has 4 heteroatoms. The Morgan fingerprint density at radius 2 is 2.00 bits per heavy atom. The zero-order chi connectivity index (χ0) is 7.28. The molecule has 0 spiro atoms. The number of aliphatic hydroxyl groups is 1. The lowest BCUT2D eigenvalue weighted by atomic mass is 10.4. The molecular weight excluding hydrogens is 170 g/mol. The quantitative estimate of drug-likeness (QED) is 0.684. The first-order valence-corrected chi connectivity index (χ1v) is 4.19. The summed E-state index contributed by atoms with van der Waals surface area (Å²) in [6.07, 6.45) is 0.